The van der Waals surface area contributed by atoms with Crippen molar-refractivity contribution >= 4 is 13.5 Å². The van der Waals surface area contributed by atoms with Gasteiger partial charge in [-0.2, -0.15) is 0 Å². The molecule has 1 rings (SSSR count). The summed E-state index contributed by atoms with van der Waals surface area (Å²) in [6.07, 6.45) is 13.5. The van der Waals surface area contributed by atoms with Crippen molar-refractivity contribution in [1.29, 1.82) is 0 Å². The van der Waals surface area contributed by atoms with E-state index in [-0.39, 0.29) is 30.9 Å². The number of rotatable bonds is 19. The van der Waals surface area contributed by atoms with Gasteiger partial charge in [0.1, 0.15) is 5.75 Å². The van der Waals surface area contributed by atoms with Crippen LogP contribution in [0.3, 0.4) is 0 Å². The van der Waals surface area contributed by atoms with Crippen LogP contribution in [0.5, 0.6) is 5.75 Å². The van der Waals surface area contributed by atoms with Crippen molar-refractivity contribution in [2.24, 2.45) is 0 Å². The molecule has 6 nitrogen and oxygen atoms in total. The van der Waals surface area contributed by atoms with Gasteiger partial charge in [-0.15, -0.1) is 0 Å². The number of carbonyl (C=O) groups is 1. The topological polar surface area (TPSA) is 84.9 Å². The van der Waals surface area contributed by atoms with E-state index >= 15 is 0 Å². The summed E-state index contributed by atoms with van der Waals surface area (Å²) in [5, 5.41) is 12.6. The van der Waals surface area contributed by atoms with E-state index in [0.717, 1.165) is 18.4 Å². The zero-order valence-electron chi connectivity index (χ0n) is 20.8. The Bertz CT molecular complexity index is 710. The number of unbranched alkanes of at least 4 members (excludes halogenated alkanes) is 8. The SMILES string of the molecule is CCCCCCCCCCCC(=O)N[C@@H](/C=C/P(=O)(OCC)OCC)Cc1ccc(O)cc1. The molecule has 0 heterocycles. The third-order valence-electron chi connectivity index (χ3n) is 5.36. The van der Waals surface area contributed by atoms with E-state index in [1.54, 1.807) is 32.1 Å². The van der Waals surface area contributed by atoms with Crippen LogP contribution in [0.2, 0.25) is 0 Å². The van der Waals surface area contributed by atoms with Crippen LogP contribution < -0.4 is 5.32 Å². The summed E-state index contributed by atoms with van der Waals surface area (Å²) >= 11 is 0. The second kappa shape index (κ2) is 17.8. The van der Waals surface area contributed by atoms with E-state index in [4.69, 9.17) is 9.05 Å². The molecule has 0 bridgehead atoms. The minimum atomic E-state index is -3.35. The summed E-state index contributed by atoms with van der Waals surface area (Å²) in [7, 11) is -3.35. The predicted molar refractivity (Wildman–Crippen MR) is 136 cm³/mol. The summed E-state index contributed by atoms with van der Waals surface area (Å²) in [5.41, 5.74) is 0.952. The molecule has 7 heteroatoms. The maximum atomic E-state index is 12.8. The second-order valence-corrected chi connectivity index (χ2v) is 10.2. The molecule has 188 valence electrons. The van der Waals surface area contributed by atoms with E-state index < -0.39 is 7.60 Å². The first-order valence-electron chi connectivity index (χ1n) is 12.6. The van der Waals surface area contributed by atoms with Crippen LogP contribution in [0.4, 0.5) is 0 Å². The van der Waals surface area contributed by atoms with Gasteiger partial charge in [0.05, 0.1) is 19.3 Å². The van der Waals surface area contributed by atoms with Crippen LogP contribution in [0.15, 0.2) is 36.2 Å². The van der Waals surface area contributed by atoms with Gasteiger partial charge in [0.2, 0.25) is 5.91 Å². The predicted octanol–water partition coefficient (Wildman–Crippen LogP) is 7.12. The summed E-state index contributed by atoms with van der Waals surface area (Å²) < 4.78 is 23.4. The number of aromatic hydroxyl groups is 1. The van der Waals surface area contributed by atoms with E-state index in [9.17, 15) is 14.5 Å². The molecule has 33 heavy (non-hydrogen) atoms. The highest BCUT2D eigenvalue weighted by Gasteiger charge is 2.20. The molecular weight excluding hydrogens is 437 g/mol. The van der Waals surface area contributed by atoms with Gasteiger partial charge in [-0.25, -0.2) is 0 Å². The zero-order chi connectivity index (χ0) is 24.4. The highest BCUT2D eigenvalue weighted by molar-refractivity contribution is 7.57. The quantitative estimate of drug-likeness (QED) is 0.162. The van der Waals surface area contributed by atoms with Crippen molar-refractivity contribution in [1.82, 2.24) is 5.32 Å². The number of benzene rings is 1. The smallest absolute Gasteiger partial charge is 0.353 e. The minimum absolute atomic E-state index is 0.0194. The summed E-state index contributed by atoms with van der Waals surface area (Å²) in [6.45, 7) is 6.30. The Balaban J connectivity index is 2.58. The first-order chi connectivity index (χ1) is 15.9. The monoisotopic (exact) mass is 481 g/mol. The normalized spacial score (nSPS) is 12.8. The number of amides is 1. The van der Waals surface area contributed by atoms with Crippen molar-refractivity contribution in [3.63, 3.8) is 0 Å². The largest absolute Gasteiger partial charge is 0.508 e. The van der Waals surface area contributed by atoms with Crippen molar-refractivity contribution in [2.75, 3.05) is 13.2 Å². The Morgan fingerprint density at radius 3 is 2.03 bits per heavy atom. The summed E-state index contributed by atoms with van der Waals surface area (Å²) in [6, 6.07) is 6.51. The molecular formula is C26H44NO5P. The van der Waals surface area contributed by atoms with Gasteiger partial charge in [-0.05, 0) is 44.4 Å². The second-order valence-electron chi connectivity index (χ2n) is 8.34. The number of carbonyl (C=O) groups excluding carboxylic acids is 1. The van der Waals surface area contributed by atoms with E-state index in [1.807, 2.05) is 12.1 Å². The van der Waals surface area contributed by atoms with Gasteiger partial charge in [0, 0.05) is 12.2 Å². The molecule has 0 aromatic heterocycles. The lowest BCUT2D eigenvalue weighted by molar-refractivity contribution is -0.121. The third kappa shape index (κ3) is 14.3. The Kier molecular flexibility index (Phi) is 15.9. The highest BCUT2D eigenvalue weighted by atomic mass is 31.2. The van der Waals surface area contributed by atoms with Crippen molar-refractivity contribution < 1.29 is 23.5 Å². The fourth-order valence-corrected chi connectivity index (χ4v) is 5.01. The Labute approximate surface area is 200 Å². The Morgan fingerprint density at radius 1 is 0.939 bits per heavy atom. The molecule has 0 spiro atoms. The average molecular weight is 482 g/mol. The minimum Gasteiger partial charge on any atom is -0.508 e. The van der Waals surface area contributed by atoms with Crippen LogP contribution in [0.1, 0.15) is 90.5 Å². The number of nitrogens with one attached hydrogen (secondary N) is 1. The van der Waals surface area contributed by atoms with Crippen molar-refractivity contribution in [3.05, 3.63) is 41.7 Å². The molecule has 0 aliphatic heterocycles. The molecule has 2 N–H and O–H groups in total. The lowest BCUT2D eigenvalue weighted by Gasteiger charge is -2.18. The molecule has 1 aromatic rings. The molecule has 1 aromatic carbocycles. The molecule has 0 fully saturated rings. The first kappa shape index (κ1) is 29.4. The van der Waals surface area contributed by atoms with Crippen LogP contribution >= 0.6 is 7.60 Å². The molecule has 1 amide bonds. The Morgan fingerprint density at radius 2 is 1.48 bits per heavy atom. The lowest BCUT2D eigenvalue weighted by Crippen LogP contribution is -2.34. The Hall–Kier alpha value is -1.62. The third-order valence-corrected chi connectivity index (χ3v) is 7.14. The average Bonchev–Trinajstić information content (AvgIpc) is 2.78. The van der Waals surface area contributed by atoms with E-state index in [2.05, 4.69) is 12.2 Å². The van der Waals surface area contributed by atoms with Gasteiger partial charge in [-0.1, -0.05) is 76.5 Å². The number of phenols is 1. The fraction of sp³-hybridized carbons (Fsp3) is 0.654. The number of hydrogen-bond acceptors (Lipinski definition) is 5. The van der Waals surface area contributed by atoms with Crippen LogP contribution in [-0.2, 0) is 24.8 Å². The first-order valence-corrected chi connectivity index (χ1v) is 14.2. The lowest BCUT2D eigenvalue weighted by atomic mass is 10.0. The van der Waals surface area contributed by atoms with Crippen molar-refractivity contribution in [2.45, 2.75) is 97.4 Å². The van der Waals surface area contributed by atoms with Crippen LogP contribution in [0, 0.1) is 0 Å². The number of phenolic OH excluding ortho intramolecular Hbond substituents is 1. The van der Waals surface area contributed by atoms with Crippen LogP contribution in [-0.4, -0.2) is 30.3 Å². The molecule has 0 aliphatic rings. The molecule has 1 atom stereocenters. The van der Waals surface area contributed by atoms with E-state index in [0.29, 0.717) is 12.8 Å². The molecule has 0 saturated heterocycles. The van der Waals surface area contributed by atoms with Gasteiger partial charge < -0.3 is 19.5 Å². The van der Waals surface area contributed by atoms with Crippen LogP contribution in [0.25, 0.3) is 0 Å². The fourth-order valence-electron chi connectivity index (χ4n) is 3.62. The maximum Gasteiger partial charge on any atom is 0.353 e. The van der Waals surface area contributed by atoms with Crippen molar-refractivity contribution in [3.8, 4) is 5.75 Å². The summed E-state index contributed by atoms with van der Waals surface area (Å²) in [4.78, 5) is 12.6. The van der Waals surface area contributed by atoms with Gasteiger partial charge in [-0.3, -0.25) is 9.36 Å². The van der Waals surface area contributed by atoms with E-state index in [1.165, 1.54) is 50.8 Å². The van der Waals surface area contributed by atoms with Gasteiger partial charge >= 0.3 is 7.60 Å². The highest BCUT2D eigenvalue weighted by Crippen LogP contribution is 2.49. The molecule has 0 saturated carbocycles. The number of hydrogen-bond donors (Lipinski definition) is 2. The molecule has 0 aliphatic carbocycles. The standard InChI is InChI=1S/C26H44NO5P/c1-4-7-8-9-10-11-12-13-14-15-26(29)27-24(22-23-16-18-25(28)19-17-23)20-21-33(30,31-5-2)32-6-3/h16-21,24,28H,4-15,22H2,1-3H3,(H,27,29)/b21-20+/t24-/m0/s1. The zero-order valence-corrected chi connectivity index (χ0v) is 21.7. The van der Waals surface area contributed by atoms with Gasteiger partial charge in [0.15, 0.2) is 0 Å². The molecule has 0 radical (unpaired) electrons. The maximum absolute atomic E-state index is 12.8. The molecule has 0 unspecified atom stereocenters. The summed E-state index contributed by atoms with van der Waals surface area (Å²) in [5.74, 6) is 1.62. The van der Waals surface area contributed by atoms with Gasteiger partial charge in [0.25, 0.3) is 0 Å².